The molecule has 0 amide bonds. The van der Waals surface area contributed by atoms with Gasteiger partial charge in [0, 0.05) is 32.4 Å². The van der Waals surface area contributed by atoms with Crippen molar-refractivity contribution in [3.8, 4) is 0 Å². The summed E-state index contributed by atoms with van der Waals surface area (Å²) in [4.78, 5) is 2.60. The highest BCUT2D eigenvalue weighted by atomic mass is 32.2. The summed E-state index contributed by atoms with van der Waals surface area (Å²) in [5, 5.41) is 0. The molecule has 0 bridgehead atoms. The number of hydrogen-bond acceptors (Lipinski definition) is 4. The molecule has 0 aromatic heterocycles. The van der Waals surface area contributed by atoms with Crippen molar-refractivity contribution in [1.82, 2.24) is 4.31 Å². The van der Waals surface area contributed by atoms with Crippen molar-refractivity contribution in [1.29, 1.82) is 0 Å². The molecular weight excluding hydrogens is 360 g/mol. The van der Waals surface area contributed by atoms with Gasteiger partial charge in [-0.2, -0.15) is 4.31 Å². The van der Waals surface area contributed by atoms with Crippen molar-refractivity contribution in [2.75, 3.05) is 38.3 Å². The molecular formula is C21H28N2O3S. The summed E-state index contributed by atoms with van der Waals surface area (Å²) in [6.45, 7) is 5.51. The zero-order valence-corrected chi connectivity index (χ0v) is 16.9. The van der Waals surface area contributed by atoms with E-state index in [0.717, 1.165) is 42.7 Å². The number of para-hydroxylation sites is 1. The van der Waals surface area contributed by atoms with E-state index < -0.39 is 10.0 Å². The number of anilines is 1. The van der Waals surface area contributed by atoms with E-state index in [0.29, 0.717) is 24.7 Å². The van der Waals surface area contributed by atoms with Crippen molar-refractivity contribution in [3.63, 3.8) is 0 Å². The van der Waals surface area contributed by atoms with Gasteiger partial charge >= 0.3 is 0 Å². The lowest BCUT2D eigenvalue weighted by Gasteiger charge is -2.31. The summed E-state index contributed by atoms with van der Waals surface area (Å²) >= 11 is 0. The van der Waals surface area contributed by atoms with E-state index >= 15 is 0 Å². The molecule has 1 fully saturated rings. The predicted octanol–water partition coefficient (Wildman–Crippen LogP) is 3.30. The van der Waals surface area contributed by atoms with E-state index in [2.05, 4.69) is 17.9 Å². The molecule has 27 heavy (non-hydrogen) atoms. The number of benzene rings is 2. The fourth-order valence-electron chi connectivity index (χ4n) is 3.38. The van der Waals surface area contributed by atoms with Crippen LogP contribution in [0, 0.1) is 0 Å². The van der Waals surface area contributed by atoms with Crippen molar-refractivity contribution in [3.05, 3.63) is 59.7 Å². The smallest absolute Gasteiger partial charge is 0.243 e. The lowest BCUT2D eigenvalue weighted by molar-refractivity contribution is 0.122. The fraction of sp³-hybridized carbons (Fsp3) is 0.429. The molecule has 2 aromatic carbocycles. The molecule has 0 unspecified atom stereocenters. The number of sulfonamides is 1. The third-order valence-corrected chi connectivity index (χ3v) is 6.72. The van der Waals surface area contributed by atoms with Crippen molar-refractivity contribution >= 4 is 15.7 Å². The summed E-state index contributed by atoms with van der Waals surface area (Å²) < 4.78 is 32.8. The van der Waals surface area contributed by atoms with Crippen LogP contribution in [0.4, 0.5) is 5.69 Å². The molecule has 1 aliphatic heterocycles. The average molecular weight is 389 g/mol. The minimum absolute atomic E-state index is 0.340. The molecule has 0 radical (unpaired) electrons. The number of ether oxygens (including phenoxy) is 1. The predicted molar refractivity (Wildman–Crippen MR) is 109 cm³/mol. The van der Waals surface area contributed by atoms with Gasteiger partial charge < -0.3 is 9.64 Å². The Kier molecular flexibility index (Phi) is 6.52. The van der Waals surface area contributed by atoms with E-state index in [1.807, 2.05) is 30.3 Å². The van der Waals surface area contributed by atoms with E-state index in [-0.39, 0.29) is 0 Å². The molecule has 1 saturated heterocycles. The third-order valence-electron chi connectivity index (χ3n) is 4.91. The standard InChI is InChI=1S/C21H28N2O3S/c1-3-6-18-9-11-20(12-10-18)27(24,25)22(2)17-19-7-4-5-8-21(19)23-13-15-26-16-14-23/h4-5,7-12H,3,6,13-17H2,1-2H3. The molecule has 0 saturated carbocycles. The van der Waals surface area contributed by atoms with Crippen molar-refractivity contribution in [2.24, 2.45) is 0 Å². The quantitative estimate of drug-likeness (QED) is 0.730. The maximum absolute atomic E-state index is 13.0. The van der Waals surface area contributed by atoms with Gasteiger partial charge in [0.25, 0.3) is 0 Å². The summed E-state index contributed by atoms with van der Waals surface area (Å²) in [6, 6.07) is 15.3. The van der Waals surface area contributed by atoms with Crippen LogP contribution in [0.5, 0.6) is 0 Å². The van der Waals surface area contributed by atoms with Gasteiger partial charge in [-0.1, -0.05) is 43.7 Å². The highest BCUT2D eigenvalue weighted by Gasteiger charge is 2.23. The van der Waals surface area contributed by atoms with Gasteiger partial charge in [-0.05, 0) is 35.7 Å². The third kappa shape index (κ3) is 4.69. The Morgan fingerprint density at radius 1 is 1.04 bits per heavy atom. The molecule has 0 aliphatic carbocycles. The number of hydrogen-bond donors (Lipinski definition) is 0. The van der Waals surface area contributed by atoms with Gasteiger partial charge in [0.1, 0.15) is 0 Å². The second-order valence-electron chi connectivity index (χ2n) is 6.88. The van der Waals surface area contributed by atoms with Gasteiger partial charge in [-0.25, -0.2) is 8.42 Å². The Hall–Kier alpha value is -1.89. The van der Waals surface area contributed by atoms with E-state index in [1.165, 1.54) is 4.31 Å². The Labute approximate surface area is 162 Å². The van der Waals surface area contributed by atoms with Gasteiger partial charge in [0.2, 0.25) is 10.0 Å². The zero-order chi connectivity index (χ0) is 19.3. The first kappa shape index (κ1) is 19.9. The summed E-state index contributed by atoms with van der Waals surface area (Å²) in [7, 11) is -1.88. The second kappa shape index (κ2) is 8.87. The van der Waals surface area contributed by atoms with Crippen molar-refractivity contribution < 1.29 is 13.2 Å². The minimum Gasteiger partial charge on any atom is -0.378 e. The van der Waals surface area contributed by atoms with Crippen LogP contribution in [-0.4, -0.2) is 46.1 Å². The summed E-state index contributed by atoms with van der Waals surface area (Å²) in [5.41, 5.74) is 3.26. The molecule has 5 nitrogen and oxygen atoms in total. The van der Waals surface area contributed by atoms with Crippen LogP contribution in [0.15, 0.2) is 53.4 Å². The second-order valence-corrected chi connectivity index (χ2v) is 8.93. The lowest BCUT2D eigenvalue weighted by atomic mass is 10.1. The van der Waals surface area contributed by atoms with Crippen molar-refractivity contribution in [2.45, 2.75) is 31.2 Å². The monoisotopic (exact) mass is 388 g/mol. The molecule has 0 spiro atoms. The highest BCUT2D eigenvalue weighted by Crippen LogP contribution is 2.25. The maximum Gasteiger partial charge on any atom is 0.243 e. The van der Waals surface area contributed by atoms with E-state index in [4.69, 9.17) is 4.74 Å². The SMILES string of the molecule is CCCc1ccc(S(=O)(=O)N(C)Cc2ccccc2N2CCOCC2)cc1. The van der Waals surface area contributed by atoms with Crippen LogP contribution in [0.2, 0.25) is 0 Å². The Morgan fingerprint density at radius 3 is 2.37 bits per heavy atom. The van der Waals surface area contributed by atoms with Crippen LogP contribution in [-0.2, 0) is 27.7 Å². The molecule has 2 aromatic rings. The van der Waals surface area contributed by atoms with Crippen LogP contribution in [0.1, 0.15) is 24.5 Å². The normalized spacial score (nSPS) is 15.3. The lowest BCUT2D eigenvalue weighted by Crippen LogP contribution is -2.37. The topological polar surface area (TPSA) is 49.9 Å². The first-order valence-electron chi connectivity index (χ1n) is 9.48. The van der Waals surface area contributed by atoms with Gasteiger partial charge in [0.15, 0.2) is 0 Å². The highest BCUT2D eigenvalue weighted by molar-refractivity contribution is 7.89. The molecule has 6 heteroatoms. The zero-order valence-electron chi connectivity index (χ0n) is 16.1. The Morgan fingerprint density at radius 2 is 1.70 bits per heavy atom. The summed E-state index contributed by atoms with van der Waals surface area (Å²) in [5.74, 6) is 0. The molecule has 0 N–H and O–H groups in total. The number of aryl methyl sites for hydroxylation is 1. The first-order chi connectivity index (χ1) is 13.0. The molecule has 3 rings (SSSR count). The van der Waals surface area contributed by atoms with Gasteiger partial charge in [-0.3, -0.25) is 0 Å². The largest absolute Gasteiger partial charge is 0.378 e. The van der Waals surface area contributed by atoms with Crippen LogP contribution in [0.25, 0.3) is 0 Å². The Bertz CT molecular complexity index is 844. The molecule has 1 heterocycles. The van der Waals surface area contributed by atoms with Gasteiger partial charge in [0.05, 0.1) is 18.1 Å². The van der Waals surface area contributed by atoms with Crippen LogP contribution in [0.3, 0.4) is 0 Å². The number of morpholine rings is 1. The van der Waals surface area contributed by atoms with E-state index in [1.54, 1.807) is 19.2 Å². The molecule has 0 atom stereocenters. The van der Waals surface area contributed by atoms with E-state index in [9.17, 15) is 8.42 Å². The summed E-state index contributed by atoms with van der Waals surface area (Å²) in [6.07, 6.45) is 2.01. The number of nitrogens with zero attached hydrogens (tertiary/aromatic N) is 2. The fourth-order valence-corrected chi connectivity index (χ4v) is 4.53. The Balaban J connectivity index is 1.79. The average Bonchev–Trinajstić information content (AvgIpc) is 2.70. The van der Waals surface area contributed by atoms with Crippen LogP contribution >= 0.6 is 0 Å². The molecule has 1 aliphatic rings. The van der Waals surface area contributed by atoms with Crippen LogP contribution < -0.4 is 4.90 Å². The first-order valence-corrected chi connectivity index (χ1v) is 10.9. The number of rotatable bonds is 7. The maximum atomic E-state index is 13.0. The minimum atomic E-state index is -3.53. The van der Waals surface area contributed by atoms with Gasteiger partial charge in [-0.15, -0.1) is 0 Å². The molecule has 146 valence electrons.